The Labute approximate surface area is 162 Å². The molecule has 3 aromatic rings. The molecule has 0 spiro atoms. The summed E-state index contributed by atoms with van der Waals surface area (Å²) < 4.78 is 5.90. The molecule has 0 aliphatic carbocycles. The molecule has 0 radical (unpaired) electrons. The summed E-state index contributed by atoms with van der Waals surface area (Å²) >= 11 is 0. The Balaban J connectivity index is 1.78. The molecule has 0 saturated carbocycles. The molecule has 0 aliphatic heterocycles. The molecule has 0 saturated heterocycles. The number of carbonyl (C=O) groups is 1. The van der Waals surface area contributed by atoms with Crippen LogP contribution in [-0.2, 0) is 6.61 Å². The summed E-state index contributed by atoms with van der Waals surface area (Å²) in [6, 6.07) is 13.9. The summed E-state index contributed by atoms with van der Waals surface area (Å²) in [5.41, 5.74) is 5.84. The minimum Gasteiger partial charge on any atom is -0.489 e. The lowest BCUT2D eigenvalue weighted by Gasteiger charge is -2.10. The van der Waals surface area contributed by atoms with E-state index in [1.807, 2.05) is 55.7 Å². The fourth-order valence-corrected chi connectivity index (χ4v) is 3.09. The second kappa shape index (κ2) is 8.32. The third-order valence-corrected chi connectivity index (χ3v) is 5.10. The molecule has 5 heteroatoms. The van der Waals surface area contributed by atoms with E-state index in [4.69, 9.17) is 4.74 Å². The summed E-state index contributed by atoms with van der Waals surface area (Å²) in [6.07, 6.45) is 3.63. The van der Waals surface area contributed by atoms with Crippen LogP contribution in [0.1, 0.15) is 27.0 Å². The van der Waals surface area contributed by atoms with Gasteiger partial charge in [-0.2, -0.15) is 0 Å². The molecule has 1 atom stereocenters. The third-order valence-electron chi connectivity index (χ3n) is 4.48. The second-order valence-electron chi connectivity index (χ2n) is 6.50. The smallest absolute Gasteiger partial charge is 0.251 e. The zero-order valence-electron chi connectivity index (χ0n) is 15.7. The molecule has 1 N–H and O–H groups in total. The van der Waals surface area contributed by atoms with Crippen molar-refractivity contribution in [3.63, 3.8) is 0 Å². The lowest BCUT2D eigenvalue weighted by molar-refractivity contribution is 0.0962. The third kappa shape index (κ3) is 4.53. The zero-order chi connectivity index (χ0) is 19.4. The van der Waals surface area contributed by atoms with Crippen molar-refractivity contribution < 1.29 is 9.53 Å². The van der Waals surface area contributed by atoms with Gasteiger partial charge in [-0.15, -0.1) is 9.24 Å². The van der Waals surface area contributed by atoms with Crippen molar-refractivity contribution >= 4 is 20.5 Å². The van der Waals surface area contributed by atoms with Gasteiger partial charge in [0.15, 0.2) is 0 Å². The first-order valence-corrected chi connectivity index (χ1v) is 9.31. The molecule has 138 valence electrons. The molecule has 4 nitrogen and oxygen atoms in total. The lowest BCUT2D eigenvalue weighted by atomic mass is 10.00. The Morgan fingerprint density at radius 2 is 1.85 bits per heavy atom. The molecular formula is C22H23N2O2P. The van der Waals surface area contributed by atoms with Gasteiger partial charge in [0, 0.05) is 36.1 Å². The fourth-order valence-electron chi connectivity index (χ4n) is 2.83. The van der Waals surface area contributed by atoms with Crippen LogP contribution in [0.5, 0.6) is 5.75 Å². The lowest BCUT2D eigenvalue weighted by Crippen LogP contribution is -2.18. The monoisotopic (exact) mass is 378 g/mol. The molecule has 0 bridgehead atoms. The minimum atomic E-state index is -0.0779. The van der Waals surface area contributed by atoms with E-state index in [0.717, 1.165) is 33.3 Å². The van der Waals surface area contributed by atoms with Crippen LogP contribution in [0.15, 0.2) is 54.9 Å². The Bertz CT molecular complexity index is 986. The molecule has 0 aliphatic rings. The zero-order valence-corrected chi connectivity index (χ0v) is 16.9. The van der Waals surface area contributed by atoms with Crippen LogP contribution in [0.4, 0.5) is 0 Å². The first-order chi connectivity index (χ1) is 13.0. The number of nitrogens with one attached hydrogen (secondary N) is 1. The maximum absolute atomic E-state index is 11.9. The first kappa shape index (κ1) is 19.1. The van der Waals surface area contributed by atoms with E-state index in [9.17, 15) is 4.79 Å². The van der Waals surface area contributed by atoms with Crippen molar-refractivity contribution in [3.8, 4) is 16.9 Å². The van der Waals surface area contributed by atoms with Crippen LogP contribution in [0.25, 0.3) is 11.1 Å². The quantitative estimate of drug-likeness (QED) is 0.687. The van der Waals surface area contributed by atoms with Crippen molar-refractivity contribution in [2.24, 2.45) is 0 Å². The molecule has 0 fully saturated rings. The van der Waals surface area contributed by atoms with Gasteiger partial charge in [0.05, 0.1) is 0 Å². The topological polar surface area (TPSA) is 51.2 Å². The average molecular weight is 378 g/mol. The maximum atomic E-state index is 11.9. The van der Waals surface area contributed by atoms with E-state index in [0.29, 0.717) is 12.2 Å². The molecule has 1 heterocycles. The molecule has 1 aromatic heterocycles. The van der Waals surface area contributed by atoms with Crippen LogP contribution in [-0.4, -0.2) is 17.9 Å². The number of hydrogen-bond donors (Lipinski definition) is 1. The number of aromatic nitrogens is 1. The van der Waals surface area contributed by atoms with Crippen LogP contribution in [0.2, 0.25) is 0 Å². The van der Waals surface area contributed by atoms with Crippen LogP contribution in [0.3, 0.4) is 0 Å². The standard InChI is InChI=1S/C22H23N2O2P/c1-14-4-6-19(10-21(14)27)26-13-16-9-18(12-24-11-16)17-5-7-20(15(2)8-17)22(25)23-3/h4-12H,13,27H2,1-3H3,(H,23,25). The summed E-state index contributed by atoms with van der Waals surface area (Å²) in [6.45, 7) is 4.45. The normalized spacial score (nSPS) is 10.5. The summed E-state index contributed by atoms with van der Waals surface area (Å²) in [7, 11) is 4.36. The van der Waals surface area contributed by atoms with Gasteiger partial charge in [0.1, 0.15) is 12.4 Å². The predicted octanol–water partition coefficient (Wildman–Crippen LogP) is 3.80. The minimum absolute atomic E-state index is 0.0779. The van der Waals surface area contributed by atoms with Crippen LogP contribution < -0.4 is 15.4 Å². The van der Waals surface area contributed by atoms with E-state index < -0.39 is 0 Å². The van der Waals surface area contributed by atoms with Crippen LogP contribution in [0, 0.1) is 13.8 Å². The number of pyridine rings is 1. The highest BCUT2D eigenvalue weighted by Crippen LogP contribution is 2.23. The number of amides is 1. The van der Waals surface area contributed by atoms with E-state index in [-0.39, 0.29) is 5.91 Å². The van der Waals surface area contributed by atoms with Crippen molar-refractivity contribution in [3.05, 3.63) is 77.1 Å². The number of aryl methyl sites for hydroxylation is 2. The van der Waals surface area contributed by atoms with Gasteiger partial charge in [0.2, 0.25) is 0 Å². The van der Waals surface area contributed by atoms with Gasteiger partial charge >= 0.3 is 0 Å². The van der Waals surface area contributed by atoms with Crippen LogP contribution >= 0.6 is 9.24 Å². The van der Waals surface area contributed by atoms with Gasteiger partial charge < -0.3 is 10.1 Å². The van der Waals surface area contributed by atoms with E-state index >= 15 is 0 Å². The number of ether oxygens (including phenoxy) is 1. The highest BCUT2D eigenvalue weighted by atomic mass is 31.0. The highest BCUT2D eigenvalue weighted by Gasteiger charge is 2.09. The molecule has 3 rings (SSSR count). The van der Waals surface area contributed by atoms with Gasteiger partial charge in [-0.25, -0.2) is 0 Å². The van der Waals surface area contributed by atoms with Gasteiger partial charge in [0.25, 0.3) is 5.91 Å². The average Bonchev–Trinajstić information content (AvgIpc) is 2.68. The summed E-state index contributed by atoms with van der Waals surface area (Å²) in [4.78, 5) is 16.2. The molecule has 2 aromatic carbocycles. The maximum Gasteiger partial charge on any atom is 0.251 e. The number of benzene rings is 2. The number of nitrogens with zero attached hydrogens (tertiary/aromatic N) is 1. The van der Waals surface area contributed by atoms with Crippen molar-refractivity contribution in [2.45, 2.75) is 20.5 Å². The van der Waals surface area contributed by atoms with Gasteiger partial charge in [-0.05, 0) is 60.1 Å². The summed E-state index contributed by atoms with van der Waals surface area (Å²) in [5, 5.41) is 3.79. The number of rotatable bonds is 5. The van der Waals surface area contributed by atoms with Crippen molar-refractivity contribution in [2.75, 3.05) is 7.05 Å². The molecule has 1 unspecified atom stereocenters. The van der Waals surface area contributed by atoms with Crippen molar-refractivity contribution in [1.82, 2.24) is 10.3 Å². The first-order valence-electron chi connectivity index (χ1n) is 8.74. The number of carbonyl (C=O) groups excluding carboxylic acids is 1. The molecular weight excluding hydrogens is 355 g/mol. The SMILES string of the molecule is CNC(=O)c1ccc(-c2cncc(COc3ccc(C)c(P)c3)c2)cc1C. The van der Waals surface area contributed by atoms with E-state index in [1.54, 1.807) is 7.05 Å². The molecule has 27 heavy (non-hydrogen) atoms. The van der Waals surface area contributed by atoms with Gasteiger partial charge in [-0.1, -0.05) is 18.2 Å². The Morgan fingerprint density at radius 3 is 2.56 bits per heavy atom. The van der Waals surface area contributed by atoms with E-state index in [1.165, 1.54) is 5.56 Å². The largest absolute Gasteiger partial charge is 0.489 e. The Kier molecular flexibility index (Phi) is 5.88. The molecule has 1 amide bonds. The second-order valence-corrected chi connectivity index (χ2v) is 7.12. The summed E-state index contributed by atoms with van der Waals surface area (Å²) in [5.74, 6) is 0.757. The van der Waals surface area contributed by atoms with E-state index in [2.05, 4.69) is 32.5 Å². The fraction of sp³-hybridized carbons (Fsp3) is 0.182. The van der Waals surface area contributed by atoms with Gasteiger partial charge in [-0.3, -0.25) is 9.78 Å². The Hall–Kier alpha value is -2.71. The highest BCUT2D eigenvalue weighted by molar-refractivity contribution is 7.27. The predicted molar refractivity (Wildman–Crippen MR) is 113 cm³/mol. The number of hydrogen-bond acceptors (Lipinski definition) is 3. The van der Waals surface area contributed by atoms with Crippen molar-refractivity contribution in [1.29, 1.82) is 0 Å². The Morgan fingerprint density at radius 1 is 1.04 bits per heavy atom.